The van der Waals surface area contributed by atoms with Gasteiger partial charge in [0.15, 0.2) is 0 Å². The van der Waals surface area contributed by atoms with Gasteiger partial charge in [0, 0.05) is 33.9 Å². The normalized spacial score (nSPS) is 11.5. The molecule has 7 heteroatoms. The van der Waals surface area contributed by atoms with Crippen LogP contribution in [-0.2, 0) is 19.5 Å². The minimum absolute atomic E-state index is 0.176. The molecule has 0 radical (unpaired) electrons. The number of sulfonamides is 1. The van der Waals surface area contributed by atoms with Crippen LogP contribution in [0, 0.1) is 11.3 Å². The maximum absolute atomic E-state index is 12.6. The molecule has 0 saturated heterocycles. The summed E-state index contributed by atoms with van der Waals surface area (Å²) in [7, 11) is -0.483. The van der Waals surface area contributed by atoms with Crippen LogP contribution in [0.4, 0.5) is 0 Å². The zero-order valence-corrected chi connectivity index (χ0v) is 13.1. The summed E-state index contributed by atoms with van der Waals surface area (Å²) in [5, 5.41) is 8.76. The van der Waals surface area contributed by atoms with E-state index < -0.39 is 10.0 Å². The lowest BCUT2D eigenvalue weighted by molar-refractivity contribution is 0.164. The van der Waals surface area contributed by atoms with Crippen molar-refractivity contribution in [3.05, 3.63) is 29.8 Å². The number of nitriles is 1. The van der Waals surface area contributed by atoms with Crippen LogP contribution in [0.3, 0.4) is 0 Å². The van der Waals surface area contributed by atoms with Gasteiger partial charge in [-0.1, -0.05) is 0 Å². The molecule has 0 atom stereocenters. The van der Waals surface area contributed by atoms with Crippen LogP contribution in [0.5, 0.6) is 0 Å². The number of hydrogen-bond donors (Lipinski definition) is 0. The zero-order valence-electron chi connectivity index (χ0n) is 12.3. The SMILES string of the molecule is COCCCN(CCOC)S(=O)(=O)c1ccc(C#N)cc1. The highest BCUT2D eigenvalue weighted by Crippen LogP contribution is 2.16. The average molecular weight is 312 g/mol. The largest absolute Gasteiger partial charge is 0.385 e. The lowest BCUT2D eigenvalue weighted by atomic mass is 10.2. The van der Waals surface area contributed by atoms with Crippen molar-refractivity contribution in [2.24, 2.45) is 0 Å². The molecule has 0 heterocycles. The highest BCUT2D eigenvalue weighted by Gasteiger charge is 2.23. The summed E-state index contributed by atoms with van der Waals surface area (Å²) in [6.45, 7) is 1.46. The van der Waals surface area contributed by atoms with Gasteiger partial charge in [0.25, 0.3) is 0 Å². The lowest BCUT2D eigenvalue weighted by Gasteiger charge is -2.21. The van der Waals surface area contributed by atoms with Crippen LogP contribution in [-0.4, -0.2) is 53.2 Å². The second-order valence-corrected chi connectivity index (χ2v) is 6.32. The van der Waals surface area contributed by atoms with Crippen LogP contribution in [0.25, 0.3) is 0 Å². The topological polar surface area (TPSA) is 79.6 Å². The first-order chi connectivity index (χ1) is 10.1. The molecule has 116 valence electrons. The van der Waals surface area contributed by atoms with Crippen molar-refractivity contribution in [2.45, 2.75) is 11.3 Å². The van der Waals surface area contributed by atoms with E-state index in [4.69, 9.17) is 14.7 Å². The van der Waals surface area contributed by atoms with E-state index in [2.05, 4.69) is 0 Å². The Labute approximate surface area is 125 Å². The number of nitrogens with zero attached hydrogens (tertiary/aromatic N) is 2. The molecular formula is C14H20N2O4S. The van der Waals surface area contributed by atoms with Crippen LogP contribution >= 0.6 is 0 Å². The van der Waals surface area contributed by atoms with Gasteiger partial charge in [0.2, 0.25) is 10.0 Å². The van der Waals surface area contributed by atoms with Gasteiger partial charge in [0.05, 0.1) is 23.1 Å². The fourth-order valence-electron chi connectivity index (χ4n) is 1.78. The van der Waals surface area contributed by atoms with Crippen LogP contribution in [0.2, 0.25) is 0 Å². The highest BCUT2D eigenvalue weighted by molar-refractivity contribution is 7.89. The van der Waals surface area contributed by atoms with E-state index in [-0.39, 0.29) is 11.4 Å². The minimum atomic E-state index is -3.59. The standard InChI is InChI=1S/C14H20N2O4S/c1-19-10-3-8-16(9-11-20-2)21(17,18)14-6-4-13(12-15)5-7-14/h4-7H,3,8-11H2,1-2H3. The van der Waals surface area contributed by atoms with Crippen LogP contribution < -0.4 is 0 Å². The summed E-state index contributed by atoms with van der Waals surface area (Å²) >= 11 is 0. The molecule has 21 heavy (non-hydrogen) atoms. The minimum Gasteiger partial charge on any atom is -0.385 e. The number of hydrogen-bond acceptors (Lipinski definition) is 5. The molecule has 0 spiro atoms. The van der Waals surface area contributed by atoms with Gasteiger partial charge in [-0.05, 0) is 30.7 Å². The van der Waals surface area contributed by atoms with Crippen molar-refractivity contribution in [3.63, 3.8) is 0 Å². The Morgan fingerprint density at radius 1 is 1.10 bits per heavy atom. The van der Waals surface area contributed by atoms with E-state index in [0.29, 0.717) is 31.7 Å². The van der Waals surface area contributed by atoms with E-state index in [1.54, 1.807) is 7.11 Å². The second-order valence-electron chi connectivity index (χ2n) is 4.38. The second kappa shape index (κ2) is 8.74. The molecule has 0 aliphatic rings. The summed E-state index contributed by atoms with van der Waals surface area (Å²) in [4.78, 5) is 0.176. The van der Waals surface area contributed by atoms with Crippen LogP contribution in [0.15, 0.2) is 29.2 Å². The fraction of sp³-hybridized carbons (Fsp3) is 0.500. The summed E-state index contributed by atoms with van der Waals surface area (Å²) in [6.07, 6.45) is 0.607. The Bertz CT molecular complexity index is 564. The number of methoxy groups -OCH3 is 2. The third-order valence-corrected chi connectivity index (χ3v) is 4.83. The molecule has 0 saturated carbocycles. The van der Waals surface area contributed by atoms with Gasteiger partial charge in [-0.2, -0.15) is 9.57 Å². The van der Waals surface area contributed by atoms with Gasteiger partial charge >= 0.3 is 0 Å². The van der Waals surface area contributed by atoms with E-state index in [1.807, 2.05) is 6.07 Å². The molecule has 0 unspecified atom stereocenters. The zero-order chi connectivity index (χ0) is 15.7. The van der Waals surface area contributed by atoms with Crippen molar-refractivity contribution in [2.75, 3.05) is 40.5 Å². The first kappa shape index (κ1) is 17.6. The fourth-order valence-corrected chi connectivity index (χ4v) is 3.24. The Balaban J connectivity index is 2.92. The lowest BCUT2D eigenvalue weighted by Crippen LogP contribution is -2.35. The molecule has 0 fully saturated rings. The number of benzene rings is 1. The maximum Gasteiger partial charge on any atom is 0.243 e. The molecule has 0 aliphatic heterocycles. The molecule has 0 N–H and O–H groups in total. The van der Waals surface area contributed by atoms with E-state index in [1.165, 1.54) is 35.7 Å². The predicted molar refractivity (Wildman–Crippen MR) is 78.3 cm³/mol. The van der Waals surface area contributed by atoms with Gasteiger partial charge in [-0.3, -0.25) is 0 Å². The molecule has 6 nitrogen and oxygen atoms in total. The third kappa shape index (κ3) is 5.10. The molecule has 1 rings (SSSR count). The van der Waals surface area contributed by atoms with Crippen molar-refractivity contribution in [1.82, 2.24) is 4.31 Å². The van der Waals surface area contributed by atoms with E-state index in [9.17, 15) is 8.42 Å². The van der Waals surface area contributed by atoms with E-state index in [0.717, 1.165) is 0 Å². The molecular weight excluding hydrogens is 292 g/mol. The molecule has 0 aliphatic carbocycles. The first-order valence-corrected chi connectivity index (χ1v) is 7.98. The monoisotopic (exact) mass is 312 g/mol. The summed E-state index contributed by atoms with van der Waals surface area (Å²) < 4.78 is 36.5. The maximum atomic E-state index is 12.6. The molecule has 1 aromatic carbocycles. The Morgan fingerprint density at radius 3 is 2.24 bits per heavy atom. The van der Waals surface area contributed by atoms with Crippen molar-refractivity contribution >= 4 is 10.0 Å². The van der Waals surface area contributed by atoms with Crippen molar-refractivity contribution < 1.29 is 17.9 Å². The van der Waals surface area contributed by atoms with Gasteiger partial charge < -0.3 is 9.47 Å². The highest BCUT2D eigenvalue weighted by atomic mass is 32.2. The molecule has 1 aromatic rings. The van der Waals surface area contributed by atoms with Gasteiger partial charge in [0.1, 0.15) is 0 Å². The quantitative estimate of drug-likeness (QED) is 0.641. The number of rotatable bonds is 9. The van der Waals surface area contributed by atoms with Gasteiger partial charge in [-0.15, -0.1) is 0 Å². The molecule has 0 aromatic heterocycles. The third-order valence-electron chi connectivity index (χ3n) is 2.92. The Hall–Kier alpha value is -1.46. The molecule has 0 amide bonds. The molecule has 0 bridgehead atoms. The van der Waals surface area contributed by atoms with Crippen molar-refractivity contribution in [1.29, 1.82) is 5.26 Å². The Morgan fingerprint density at radius 2 is 1.71 bits per heavy atom. The van der Waals surface area contributed by atoms with Crippen molar-refractivity contribution in [3.8, 4) is 6.07 Å². The predicted octanol–water partition coefficient (Wildman–Crippen LogP) is 1.23. The average Bonchev–Trinajstić information content (AvgIpc) is 2.50. The van der Waals surface area contributed by atoms with Crippen LogP contribution in [0.1, 0.15) is 12.0 Å². The number of ether oxygens (including phenoxy) is 2. The Kier molecular flexibility index (Phi) is 7.32. The summed E-state index contributed by atoms with van der Waals surface area (Å²) in [5.41, 5.74) is 0.428. The van der Waals surface area contributed by atoms with E-state index >= 15 is 0 Å². The smallest absolute Gasteiger partial charge is 0.243 e. The van der Waals surface area contributed by atoms with Gasteiger partial charge in [-0.25, -0.2) is 8.42 Å². The summed E-state index contributed by atoms with van der Waals surface area (Å²) in [5.74, 6) is 0. The first-order valence-electron chi connectivity index (χ1n) is 6.54. The summed E-state index contributed by atoms with van der Waals surface area (Å²) in [6, 6.07) is 7.86.